The average Bonchev–Trinajstić information content (AvgIpc) is 2.54. The highest BCUT2D eigenvalue weighted by molar-refractivity contribution is 6.09. The van der Waals surface area contributed by atoms with Gasteiger partial charge in [-0.25, -0.2) is 0 Å². The summed E-state index contributed by atoms with van der Waals surface area (Å²) >= 11 is 0. The second kappa shape index (κ2) is 8.48. The Labute approximate surface area is 143 Å². The number of ketones is 1. The van der Waals surface area contributed by atoms with Crippen LogP contribution in [0.3, 0.4) is 0 Å². The van der Waals surface area contributed by atoms with Gasteiger partial charge in [-0.3, -0.25) is 9.59 Å². The number of hydrogen-bond donors (Lipinski definition) is 1. The van der Waals surface area contributed by atoms with Crippen LogP contribution in [-0.2, 0) is 4.79 Å². The summed E-state index contributed by atoms with van der Waals surface area (Å²) in [6.07, 6.45) is 4.87. The zero-order valence-electron chi connectivity index (χ0n) is 14.8. The molecule has 1 N–H and O–H groups in total. The highest BCUT2D eigenvalue weighted by Crippen LogP contribution is 2.37. The average molecular weight is 330 g/mol. The molecule has 0 aromatic heterocycles. The van der Waals surface area contributed by atoms with Gasteiger partial charge in [-0.2, -0.15) is 0 Å². The summed E-state index contributed by atoms with van der Waals surface area (Å²) in [6, 6.07) is 6.49. The minimum absolute atomic E-state index is 0.360. The molecule has 0 fully saturated rings. The number of allylic oxidation sites excluding steroid dienone is 3. The Kier molecular flexibility index (Phi) is 6.96. The Balaban J connectivity index is 3.13. The van der Waals surface area contributed by atoms with Crippen molar-refractivity contribution < 1.29 is 19.4 Å². The molecule has 0 bridgehead atoms. The van der Waals surface area contributed by atoms with Gasteiger partial charge < -0.3 is 9.84 Å². The van der Waals surface area contributed by atoms with Crippen LogP contribution in [0.1, 0.15) is 44.0 Å². The molecule has 24 heavy (non-hydrogen) atoms. The molecule has 0 aliphatic carbocycles. The predicted octanol–water partition coefficient (Wildman–Crippen LogP) is 4.52. The van der Waals surface area contributed by atoms with Gasteiger partial charge in [0.15, 0.2) is 5.78 Å². The normalized spacial score (nSPS) is 14.2. The van der Waals surface area contributed by atoms with Crippen molar-refractivity contribution in [3.8, 4) is 5.75 Å². The van der Waals surface area contributed by atoms with Gasteiger partial charge in [0, 0.05) is 11.0 Å². The molecule has 0 radical (unpaired) electrons. The van der Waals surface area contributed by atoms with Gasteiger partial charge in [-0.1, -0.05) is 24.6 Å². The van der Waals surface area contributed by atoms with Gasteiger partial charge in [-0.15, -0.1) is 6.58 Å². The van der Waals surface area contributed by atoms with E-state index in [1.807, 2.05) is 19.9 Å². The van der Waals surface area contributed by atoms with Crippen molar-refractivity contribution in [3.05, 3.63) is 54.1 Å². The minimum Gasteiger partial charge on any atom is -0.497 e. The van der Waals surface area contributed by atoms with Gasteiger partial charge in [0.2, 0.25) is 0 Å². The summed E-state index contributed by atoms with van der Waals surface area (Å²) < 4.78 is 5.07. The van der Waals surface area contributed by atoms with E-state index >= 15 is 0 Å². The van der Waals surface area contributed by atoms with Crippen LogP contribution >= 0.6 is 0 Å². The summed E-state index contributed by atoms with van der Waals surface area (Å²) in [5, 5.41) is 9.67. The number of carboxylic acids is 1. The molecule has 0 amide bonds. The van der Waals surface area contributed by atoms with Crippen molar-refractivity contribution in [1.29, 1.82) is 0 Å². The lowest BCUT2D eigenvalue weighted by atomic mass is 9.70. The third kappa shape index (κ3) is 4.82. The van der Waals surface area contributed by atoms with Gasteiger partial charge in [0.25, 0.3) is 0 Å². The maximum Gasteiger partial charge on any atom is 0.315 e. The third-order valence-electron chi connectivity index (χ3n) is 4.25. The second-order valence-corrected chi connectivity index (χ2v) is 6.39. The van der Waals surface area contributed by atoms with Crippen LogP contribution in [0.5, 0.6) is 5.75 Å². The standard InChI is InChI=1S/C20H26O4/c1-6-20(4,13-7-8-14(2)3)17(19(22)23)18(21)15-9-11-16(24-5)12-10-15/h6,8-12,17H,1,7,13H2,2-5H3,(H,22,23). The molecular weight excluding hydrogens is 304 g/mol. The van der Waals surface area contributed by atoms with E-state index < -0.39 is 23.1 Å². The molecule has 0 aliphatic rings. The molecule has 2 atom stereocenters. The van der Waals surface area contributed by atoms with Crippen molar-refractivity contribution in [2.45, 2.75) is 33.6 Å². The molecule has 4 nitrogen and oxygen atoms in total. The summed E-state index contributed by atoms with van der Waals surface area (Å²) in [5.41, 5.74) is 0.697. The summed E-state index contributed by atoms with van der Waals surface area (Å²) in [5.74, 6) is -2.09. The van der Waals surface area contributed by atoms with Crippen LogP contribution < -0.4 is 4.74 Å². The van der Waals surface area contributed by atoms with Gasteiger partial charge in [-0.05, 0) is 51.0 Å². The Morgan fingerprint density at radius 3 is 2.29 bits per heavy atom. The second-order valence-electron chi connectivity index (χ2n) is 6.39. The van der Waals surface area contributed by atoms with Gasteiger partial charge in [0.1, 0.15) is 11.7 Å². The van der Waals surface area contributed by atoms with E-state index in [1.165, 1.54) is 7.11 Å². The molecule has 0 heterocycles. The molecule has 130 valence electrons. The Morgan fingerprint density at radius 2 is 1.88 bits per heavy atom. The van der Waals surface area contributed by atoms with Crippen LogP contribution in [0.2, 0.25) is 0 Å². The SMILES string of the molecule is C=CC(C)(CCC=C(C)C)C(C(=O)O)C(=O)c1ccc(OC)cc1. The monoisotopic (exact) mass is 330 g/mol. The number of ether oxygens (including phenoxy) is 1. The fraction of sp³-hybridized carbons (Fsp3) is 0.400. The van der Waals surface area contributed by atoms with Gasteiger partial charge >= 0.3 is 5.97 Å². The predicted molar refractivity (Wildman–Crippen MR) is 95.4 cm³/mol. The first-order chi connectivity index (χ1) is 11.2. The maximum atomic E-state index is 12.8. The number of rotatable bonds is 9. The lowest BCUT2D eigenvalue weighted by molar-refractivity contribution is -0.142. The van der Waals surface area contributed by atoms with Crippen molar-refractivity contribution in [1.82, 2.24) is 0 Å². The molecule has 1 rings (SSSR count). The molecule has 0 spiro atoms. The lowest BCUT2D eigenvalue weighted by Crippen LogP contribution is -2.38. The van der Waals surface area contributed by atoms with Crippen LogP contribution in [0.4, 0.5) is 0 Å². The van der Waals surface area contributed by atoms with Crippen LogP contribution in [0.15, 0.2) is 48.6 Å². The van der Waals surface area contributed by atoms with Crippen molar-refractivity contribution in [2.24, 2.45) is 11.3 Å². The number of aliphatic carboxylic acids is 1. The first-order valence-corrected chi connectivity index (χ1v) is 7.93. The number of hydrogen-bond acceptors (Lipinski definition) is 3. The zero-order chi connectivity index (χ0) is 18.3. The van der Waals surface area contributed by atoms with Crippen molar-refractivity contribution in [3.63, 3.8) is 0 Å². The quantitative estimate of drug-likeness (QED) is 0.411. The molecule has 1 aromatic carbocycles. The number of Topliss-reactive ketones (excluding diaryl/α,β-unsaturated/α-hetero) is 1. The number of carbonyl (C=O) groups excluding carboxylic acids is 1. The third-order valence-corrected chi connectivity index (χ3v) is 4.25. The van der Waals surface area contributed by atoms with E-state index in [2.05, 4.69) is 6.58 Å². The van der Waals surface area contributed by atoms with Crippen molar-refractivity contribution >= 4 is 11.8 Å². The van der Waals surface area contributed by atoms with E-state index in [9.17, 15) is 14.7 Å². The maximum absolute atomic E-state index is 12.8. The summed E-state index contributed by atoms with van der Waals surface area (Å²) in [7, 11) is 1.54. The zero-order valence-corrected chi connectivity index (χ0v) is 14.8. The van der Waals surface area contributed by atoms with Gasteiger partial charge in [0.05, 0.1) is 7.11 Å². The highest BCUT2D eigenvalue weighted by Gasteiger charge is 2.42. The Hall–Kier alpha value is -2.36. The number of carboxylic acid groups (broad SMARTS) is 1. The molecule has 0 saturated carbocycles. The molecule has 1 aromatic rings. The molecular formula is C20H26O4. The van der Waals surface area contributed by atoms with E-state index in [-0.39, 0.29) is 0 Å². The fourth-order valence-electron chi connectivity index (χ4n) is 2.65. The van der Waals surface area contributed by atoms with Crippen molar-refractivity contribution in [2.75, 3.05) is 7.11 Å². The number of carbonyl (C=O) groups is 2. The van der Waals surface area contributed by atoms with E-state index in [0.717, 1.165) is 5.57 Å². The number of benzene rings is 1. The molecule has 2 unspecified atom stereocenters. The Bertz CT molecular complexity index is 624. The fourth-order valence-corrected chi connectivity index (χ4v) is 2.65. The van der Waals surface area contributed by atoms with Crippen LogP contribution in [0.25, 0.3) is 0 Å². The topological polar surface area (TPSA) is 63.6 Å². The largest absolute Gasteiger partial charge is 0.497 e. The highest BCUT2D eigenvalue weighted by atomic mass is 16.5. The van der Waals surface area contributed by atoms with E-state index in [0.29, 0.717) is 24.2 Å². The van der Waals surface area contributed by atoms with Crippen LogP contribution in [-0.4, -0.2) is 24.0 Å². The van der Waals surface area contributed by atoms with E-state index in [1.54, 1.807) is 37.3 Å². The van der Waals surface area contributed by atoms with E-state index in [4.69, 9.17) is 4.74 Å². The molecule has 0 saturated heterocycles. The minimum atomic E-state index is -1.17. The summed E-state index contributed by atoms with van der Waals surface area (Å²) in [4.78, 5) is 24.6. The summed E-state index contributed by atoms with van der Waals surface area (Å²) in [6.45, 7) is 9.53. The molecule has 4 heteroatoms. The number of methoxy groups -OCH3 is 1. The Morgan fingerprint density at radius 1 is 1.29 bits per heavy atom. The molecule has 0 aliphatic heterocycles. The first-order valence-electron chi connectivity index (χ1n) is 7.93. The first kappa shape index (κ1) is 19.7. The smallest absolute Gasteiger partial charge is 0.315 e. The lowest BCUT2D eigenvalue weighted by Gasteiger charge is -2.31. The van der Waals surface area contributed by atoms with Crippen LogP contribution in [0, 0.1) is 11.3 Å².